The monoisotopic (exact) mass is 172 g/mol. The minimum atomic E-state index is -0.129. The van der Waals surface area contributed by atoms with E-state index in [2.05, 4.69) is 12.6 Å². The van der Waals surface area contributed by atoms with Crippen LogP contribution in [0.5, 0.6) is 0 Å². The molecule has 0 aliphatic rings. The largest absolute Gasteiger partial charge is 0.281 e. The van der Waals surface area contributed by atoms with Gasteiger partial charge in [0.25, 0.3) is 0 Å². The zero-order chi connectivity index (χ0) is 7.72. The molecule has 0 bridgehead atoms. The van der Waals surface area contributed by atoms with Crippen LogP contribution in [0, 0.1) is 13.8 Å². The van der Waals surface area contributed by atoms with Crippen LogP contribution in [0.15, 0.2) is 5.38 Å². The molecule has 3 heteroatoms. The van der Waals surface area contributed by atoms with E-state index in [1.165, 1.54) is 16.9 Å². The van der Waals surface area contributed by atoms with Crippen LogP contribution >= 0.6 is 24.0 Å². The third-order valence-corrected chi connectivity index (χ3v) is 3.05. The van der Waals surface area contributed by atoms with Gasteiger partial charge >= 0.3 is 0 Å². The van der Waals surface area contributed by atoms with Gasteiger partial charge in [0.05, 0.1) is 4.88 Å². The second-order valence-electron chi connectivity index (χ2n) is 2.18. The summed E-state index contributed by atoms with van der Waals surface area (Å²) in [6.45, 7) is 3.93. The van der Waals surface area contributed by atoms with Crippen LogP contribution in [0.2, 0.25) is 0 Å². The Morgan fingerprint density at radius 1 is 1.60 bits per heavy atom. The van der Waals surface area contributed by atoms with Crippen LogP contribution in [0.1, 0.15) is 20.8 Å². The van der Waals surface area contributed by atoms with Crippen molar-refractivity contribution in [1.82, 2.24) is 0 Å². The van der Waals surface area contributed by atoms with Gasteiger partial charge in [-0.25, -0.2) is 0 Å². The first kappa shape index (κ1) is 7.82. The van der Waals surface area contributed by atoms with Crippen molar-refractivity contribution in [3.05, 3.63) is 21.4 Å². The van der Waals surface area contributed by atoms with Gasteiger partial charge in [-0.3, -0.25) is 4.79 Å². The highest BCUT2D eigenvalue weighted by Gasteiger charge is 2.07. The molecule has 1 aromatic heterocycles. The molecule has 0 atom stereocenters. The third-order valence-electron chi connectivity index (χ3n) is 1.48. The zero-order valence-corrected chi connectivity index (χ0v) is 7.55. The minimum absolute atomic E-state index is 0.129. The van der Waals surface area contributed by atoms with Crippen LogP contribution in [0.3, 0.4) is 0 Å². The summed E-state index contributed by atoms with van der Waals surface area (Å²) in [4.78, 5) is 11.5. The highest BCUT2D eigenvalue weighted by atomic mass is 32.1. The molecule has 0 fully saturated rings. The molecular weight excluding hydrogens is 164 g/mol. The van der Waals surface area contributed by atoms with Gasteiger partial charge in [-0.2, -0.15) is 0 Å². The van der Waals surface area contributed by atoms with Crippen molar-refractivity contribution in [1.29, 1.82) is 0 Å². The SMILES string of the molecule is Cc1csc(C(=O)S)c1C. The molecule has 0 aromatic carbocycles. The Kier molecular flexibility index (Phi) is 2.16. The molecule has 0 aliphatic heterocycles. The summed E-state index contributed by atoms with van der Waals surface area (Å²) in [5.74, 6) is 0. The van der Waals surface area contributed by atoms with Gasteiger partial charge in [0.15, 0.2) is 0 Å². The number of hydrogen-bond donors (Lipinski definition) is 1. The van der Waals surface area contributed by atoms with Gasteiger partial charge in [-0.1, -0.05) is 12.6 Å². The van der Waals surface area contributed by atoms with Crippen LogP contribution < -0.4 is 0 Å². The highest BCUT2D eigenvalue weighted by molar-refractivity contribution is 7.97. The van der Waals surface area contributed by atoms with Crippen molar-refractivity contribution >= 4 is 29.1 Å². The Bertz CT molecular complexity index is 263. The molecule has 0 amide bonds. The van der Waals surface area contributed by atoms with Crippen molar-refractivity contribution in [3.8, 4) is 0 Å². The Hall–Kier alpha value is -0.280. The van der Waals surface area contributed by atoms with E-state index in [4.69, 9.17) is 0 Å². The molecule has 0 saturated heterocycles. The van der Waals surface area contributed by atoms with Crippen LogP contribution in [0.25, 0.3) is 0 Å². The maximum absolute atomic E-state index is 10.8. The quantitative estimate of drug-likeness (QED) is 0.644. The van der Waals surface area contributed by atoms with E-state index < -0.39 is 0 Å². The second-order valence-corrected chi connectivity index (χ2v) is 3.46. The number of aryl methyl sites for hydroxylation is 1. The Morgan fingerprint density at radius 2 is 2.20 bits per heavy atom. The smallest absolute Gasteiger partial charge is 0.226 e. The van der Waals surface area contributed by atoms with E-state index in [1.54, 1.807) is 0 Å². The molecule has 1 heterocycles. The van der Waals surface area contributed by atoms with E-state index >= 15 is 0 Å². The maximum atomic E-state index is 10.8. The first-order valence-corrected chi connectivity index (χ1v) is 4.23. The number of thiophene rings is 1. The first-order chi connectivity index (χ1) is 4.63. The van der Waals surface area contributed by atoms with E-state index in [9.17, 15) is 4.79 Å². The predicted octanol–water partition coefficient (Wildman–Crippen LogP) is 2.43. The van der Waals surface area contributed by atoms with Crippen LogP contribution in [-0.4, -0.2) is 5.12 Å². The molecule has 1 rings (SSSR count). The fraction of sp³-hybridized carbons (Fsp3) is 0.286. The van der Waals surface area contributed by atoms with Gasteiger partial charge in [0.2, 0.25) is 5.12 Å². The number of carbonyl (C=O) groups is 1. The lowest BCUT2D eigenvalue weighted by Gasteiger charge is -1.90. The van der Waals surface area contributed by atoms with E-state index in [0.717, 1.165) is 10.4 Å². The fourth-order valence-electron chi connectivity index (χ4n) is 0.714. The van der Waals surface area contributed by atoms with Crippen molar-refractivity contribution in [2.24, 2.45) is 0 Å². The second kappa shape index (κ2) is 2.76. The average molecular weight is 172 g/mol. The molecule has 0 N–H and O–H groups in total. The Balaban J connectivity index is 3.17. The van der Waals surface area contributed by atoms with Crippen LogP contribution in [0.4, 0.5) is 0 Å². The molecule has 0 unspecified atom stereocenters. The van der Waals surface area contributed by atoms with Crippen LogP contribution in [-0.2, 0) is 0 Å². The van der Waals surface area contributed by atoms with Gasteiger partial charge in [-0.05, 0) is 30.4 Å². The van der Waals surface area contributed by atoms with E-state index in [0.29, 0.717) is 0 Å². The molecule has 54 valence electrons. The lowest BCUT2D eigenvalue weighted by molar-refractivity contribution is 0.109. The lowest BCUT2D eigenvalue weighted by Crippen LogP contribution is -1.86. The van der Waals surface area contributed by atoms with Crippen molar-refractivity contribution in [2.75, 3.05) is 0 Å². The summed E-state index contributed by atoms with van der Waals surface area (Å²) in [5, 5.41) is 1.84. The average Bonchev–Trinajstić information content (AvgIpc) is 2.14. The Labute approximate surface area is 69.5 Å². The summed E-state index contributed by atoms with van der Waals surface area (Å²) >= 11 is 5.20. The summed E-state index contributed by atoms with van der Waals surface area (Å²) < 4.78 is 0. The molecule has 0 aliphatic carbocycles. The summed E-state index contributed by atoms with van der Waals surface area (Å²) in [7, 11) is 0. The van der Waals surface area contributed by atoms with E-state index in [1.807, 2.05) is 19.2 Å². The van der Waals surface area contributed by atoms with Gasteiger partial charge in [-0.15, -0.1) is 11.3 Å². The summed E-state index contributed by atoms with van der Waals surface area (Å²) in [6, 6.07) is 0. The van der Waals surface area contributed by atoms with E-state index in [-0.39, 0.29) is 5.12 Å². The Morgan fingerprint density at radius 3 is 2.40 bits per heavy atom. The van der Waals surface area contributed by atoms with Crippen molar-refractivity contribution < 1.29 is 4.79 Å². The van der Waals surface area contributed by atoms with Crippen molar-refractivity contribution in [3.63, 3.8) is 0 Å². The normalized spacial score (nSPS) is 9.90. The number of rotatable bonds is 1. The van der Waals surface area contributed by atoms with Gasteiger partial charge < -0.3 is 0 Å². The number of hydrogen-bond acceptors (Lipinski definition) is 2. The molecule has 1 nitrogen and oxygen atoms in total. The molecule has 0 spiro atoms. The zero-order valence-electron chi connectivity index (χ0n) is 5.84. The van der Waals surface area contributed by atoms with Gasteiger partial charge in [0.1, 0.15) is 0 Å². The molecule has 0 saturated carbocycles. The first-order valence-electron chi connectivity index (χ1n) is 2.91. The third kappa shape index (κ3) is 1.25. The standard InChI is InChI=1S/C7H8OS2/c1-4-3-10-6(5(4)2)7(8)9/h3H,1-2H3,(H,8,9). The number of carbonyl (C=O) groups excluding carboxylic acids is 1. The maximum Gasteiger partial charge on any atom is 0.226 e. The lowest BCUT2D eigenvalue weighted by atomic mass is 10.2. The highest BCUT2D eigenvalue weighted by Crippen LogP contribution is 2.21. The van der Waals surface area contributed by atoms with Crippen molar-refractivity contribution in [2.45, 2.75) is 13.8 Å². The predicted molar refractivity (Wildman–Crippen MR) is 47.1 cm³/mol. The summed E-state index contributed by atoms with van der Waals surface area (Å²) in [5.41, 5.74) is 2.23. The fourth-order valence-corrected chi connectivity index (χ4v) is 1.95. The van der Waals surface area contributed by atoms with Gasteiger partial charge in [0, 0.05) is 0 Å². The topological polar surface area (TPSA) is 17.1 Å². The number of thiol groups is 1. The molecule has 0 radical (unpaired) electrons. The molecular formula is C7H8OS2. The molecule has 10 heavy (non-hydrogen) atoms. The minimum Gasteiger partial charge on any atom is -0.281 e. The summed E-state index contributed by atoms with van der Waals surface area (Å²) in [6.07, 6.45) is 0. The molecule has 1 aromatic rings.